The minimum absolute atomic E-state index is 0.0483. The number of ketones is 1. The van der Waals surface area contributed by atoms with Crippen LogP contribution in [0, 0.1) is 0 Å². The van der Waals surface area contributed by atoms with Crippen molar-refractivity contribution in [3.63, 3.8) is 0 Å². The van der Waals surface area contributed by atoms with Crippen LogP contribution in [0.15, 0.2) is 18.2 Å². The second-order valence-corrected chi connectivity index (χ2v) is 4.24. The minimum atomic E-state index is -0.0483. The number of hydrogen-bond acceptors (Lipinski definition) is 1. The van der Waals surface area contributed by atoms with Crippen LogP contribution in [0.1, 0.15) is 17.3 Å². The Morgan fingerprint density at radius 1 is 1.33 bits per heavy atom. The van der Waals surface area contributed by atoms with Crippen molar-refractivity contribution in [2.75, 3.05) is 0 Å². The molecule has 2 rings (SSSR count). The molecule has 0 amide bonds. The Labute approximate surface area is 97.4 Å². The molecule has 0 aliphatic heterocycles. The summed E-state index contributed by atoms with van der Waals surface area (Å²) in [6.07, 6.45) is 0. The summed E-state index contributed by atoms with van der Waals surface area (Å²) in [4.78, 5) is 11.5. The lowest BCUT2D eigenvalue weighted by molar-refractivity contribution is 0.101. The topological polar surface area (TPSA) is 22.0 Å². The third-order valence-corrected chi connectivity index (χ3v) is 3.12. The lowest BCUT2D eigenvalue weighted by Gasteiger charge is -1.96. The Kier molecular flexibility index (Phi) is 2.49. The van der Waals surface area contributed by atoms with Gasteiger partial charge in [0.15, 0.2) is 5.78 Å². The summed E-state index contributed by atoms with van der Waals surface area (Å²) in [7, 11) is 1.82. The number of carbonyl (C=O) groups is 1. The molecule has 78 valence electrons. The van der Waals surface area contributed by atoms with Gasteiger partial charge in [-0.2, -0.15) is 0 Å². The van der Waals surface area contributed by atoms with E-state index in [2.05, 4.69) is 0 Å². The molecule has 0 aliphatic carbocycles. The van der Waals surface area contributed by atoms with Gasteiger partial charge in [0.2, 0.25) is 0 Å². The third kappa shape index (κ3) is 1.54. The van der Waals surface area contributed by atoms with Crippen molar-refractivity contribution in [1.82, 2.24) is 4.57 Å². The average Bonchev–Trinajstić information content (AvgIpc) is 2.39. The second kappa shape index (κ2) is 3.54. The molecule has 0 radical (unpaired) electrons. The number of benzene rings is 1. The normalized spacial score (nSPS) is 10.9. The van der Waals surface area contributed by atoms with Crippen LogP contribution in [-0.2, 0) is 7.05 Å². The van der Waals surface area contributed by atoms with E-state index in [0.29, 0.717) is 15.7 Å². The Morgan fingerprint density at radius 3 is 2.60 bits per heavy atom. The van der Waals surface area contributed by atoms with Crippen molar-refractivity contribution in [2.24, 2.45) is 7.05 Å². The van der Waals surface area contributed by atoms with Gasteiger partial charge in [-0.3, -0.25) is 4.79 Å². The summed E-state index contributed by atoms with van der Waals surface area (Å²) < 4.78 is 1.78. The first-order chi connectivity index (χ1) is 7.02. The predicted molar refractivity (Wildman–Crippen MR) is 62.9 cm³/mol. The largest absolute Gasteiger partial charge is 0.334 e. The Bertz CT molecular complexity index is 557. The first kappa shape index (κ1) is 10.5. The third-order valence-electron chi connectivity index (χ3n) is 2.44. The van der Waals surface area contributed by atoms with Crippen LogP contribution in [-0.4, -0.2) is 10.4 Å². The maximum atomic E-state index is 11.5. The number of nitrogens with zero attached hydrogens (tertiary/aromatic N) is 1. The van der Waals surface area contributed by atoms with Gasteiger partial charge < -0.3 is 4.57 Å². The fourth-order valence-electron chi connectivity index (χ4n) is 1.72. The van der Waals surface area contributed by atoms with E-state index in [9.17, 15) is 4.79 Å². The average molecular weight is 242 g/mol. The Balaban J connectivity index is 2.95. The molecule has 0 fully saturated rings. The number of hydrogen-bond donors (Lipinski definition) is 0. The maximum Gasteiger partial charge on any atom is 0.163 e. The number of fused-ring (bicyclic) bond motifs is 1. The van der Waals surface area contributed by atoms with Crippen LogP contribution in [0.3, 0.4) is 0 Å². The van der Waals surface area contributed by atoms with Crippen molar-refractivity contribution < 1.29 is 4.79 Å². The van der Waals surface area contributed by atoms with Crippen LogP contribution < -0.4 is 0 Å². The zero-order valence-electron chi connectivity index (χ0n) is 8.34. The maximum absolute atomic E-state index is 11.5. The molecule has 1 heterocycles. The monoisotopic (exact) mass is 241 g/mol. The van der Waals surface area contributed by atoms with Crippen LogP contribution in [0.2, 0.25) is 10.2 Å². The number of aromatic nitrogens is 1. The lowest BCUT2D eigenvalue weighted by atomic mass is 10.1. The van der Waals surface area contributed by atoms with Crippen molar-refractivity contribution in [3.8, 4) is 0 Å². The van der Waals surface area contributed by atoms with Crippen molar-refractivity contribution in [1.29, 1.82) is 0 Å². The number of Topliss-reactive ketones (excluding diaryl/α,β-unsaturated/α-hetero) is 1. The Morgan fingerprint density at radius 2 is 2.00 bits per heavy atom. The summed E-state index contributed by atoms with van der Waals surface area (Å²) >= 11 is 12.0. The van der Waals surface area contributed by atoms with Gasteiger partial charge in [0.05, 0.1) is 5.56 Å². The Hall–Kier alpha value is -0.990. The van der Waals surface area contributed by atoms with E-state index >= 15 is 0 Å². The van der Waals surface area contributed by atoms with Gasteiger partial charge in [0, 0.05) is 23.0 Å². The van der Waals surface area contributed by atoms with Crippen LogP contribution in [0.4, 0.5) is 0 Å². The number of rotatable bonds is 1. The van der Waals surface area contributed by atoms with Gasteiger partial charge in [0.25, 0.3) is 0 Å². The van der Waals surface area contributed by atoms with Gasteiger partial charge >= 0.3 is 0 Å². The van der Waals surface area contributed by atoms with Gasteiger partial charge in [-0.1, -0.05) is 23.2 Å². The molecule has 0 spiro atoms. The van der Waals surface area contributed by atoms with Crippen LogP contribution in [0.5, 0.6) is 0 Å². The molecule has 2 nitrogen and oxygen atoms in total. The van der Waals surface area contributed by atoms with Crippen molar-refractivity contribution in [2.45, 2.75) is 6.92 Å². The van der Waals surface area contributed by atoms with Crippen molar-refractivity contribution >= 4 is 39.9 Å². The smallest absolute Gasteiger partial charge is 0.163 e. The highest BCUT2D eigenvalue weighted by atomic mass is 35.5. The van der Waals surface area contributed by atoms with Gasteiger partial charge in [-0.25, -0.2) is 0 Å². The lowest BCUT2D eigenvalue weighted by Crippen LogP contribution is -1.92. The zero-order valence-corrected chi connectivity index (χ0v) is 9.86. The predicted octanol–water partition coefficient (Wildman–Crippen LogP) is 3.69. The number of aryl methyl sites for hydroxylation is 1. The van der Waals surface area contributed by atoms with Crippen molar-refractivity contribution in [3.05, 3.63) is 33.9 Å². The standard InChI is InChI=1S/C11H9Cl2NO/c1-6(15)10-8-5-7(12)3-4-9(8)14(2)11(10)13/h3-5H,1-2H3. The summed E-state index contributed by atoms with van der Waals surface area (Å²) in [5, 5.41) is 1.87. The van der Waals surface area contributed by atoms with E-state index in [1.807, 2.05) is 13.1 Å². The van der Waals surface area contributed by atoms with Crippen LogP contribution >= 0.6 is 23.2 Å². The van der Waals surface area contributed by atoms with E-state index in [-0.39, 0.29) is 5.78 Å². The summed E-state index contributed by atoms with van der Waals surface area (Å²) in [6, 6.07) is 5.40. The molecule has 0 bridgehead atoms. The first-order valence-electron chi connectivity index (χ1n) is 4.46. The van der Waals surface area contributed by atoms with E-state index in [4.69, 9.17) is 23.2 Å². The zero-order chi connectivity index (χ0) is 11.2. The first-order valence-corrected chi connectivity index (χ1v) is 5.22. The molecule has 4 heteroatoms. The molecule has 15 heavy (non-hydrogen) atoms. The SMILES string of the molecule is CC(=O)c1c(Cl)n(C)c2ccc(Cl)cc12. The molecule has 0 saturated carbocycles. The molecule has 0 aliphatic rings. The molecule has 0 N–H and O–H groups in total. The van der Waals surface area contributed by atoms with Gasteiger partial charge in [-0.05, 0) is 25.1 Å². The number of halogens is 2. The molecule has 2 aromatic rings. The molecule has 0 saturated heterocycles. The van der Waals surface area contributed by atoms with Gasteiger partial charge in [-0.15, -0.1) is 0 Å². The second-order valence-electron chi connectivity index (χ2n) is 3.44. The molecule has 0 unspecified atom stereocenters. The molecule has 0 atom stereocenters. The fourth-order valence-corrected chi connectivity index (χ4v) is 2.22. The number of carbonyl (C=O) groups excluding carboxylic acids is 1. The van der Waals surface area contributed by atoms with E-state index < -0.39 is 0 Å². The van der Waals surface area contributed by atoms with E-state index in [1.165, 1.54) is 6.92 Å². The molecular weight excluding hydrogens is 233 g/mol. The highest BCUT2D eigenvalue weighted by molar-refractivity contribution is 6.36. The summed E-state index contributed by atoms with van der Waals surface area (Å²) in [5.41, 5.74) is 1.45. The van der Waals surface area contributed by atoms with Gasteiger partial charge in [0.1, 0.15) is 5.15 Å². The van der Waals surface area contributed by atoms with E-state index in [1.54, 1.807) is 16.7 Å². The quantitative estimate of drug-likeness (QED) is 0.699. The summed E-state index contributed by atoms with van der Waals surface area (Å²) in [5.74, 6) is -0.0483. The minimum Gasteiger partial charge on any atom is -0.334 e. The molecule has 1 aromatic carbocycles. The highest BCUT2D eigenvalue weighted by Crippen LogP contribution is 2.31. The molecular formula is C11H9Cl2NO. The highest BCUT2D eigenvalue weighted by Gasteiger charge is 2.16. The molecule has 1 aromatic heterocycles. The van der Waals surface area contributed by atoms with E-state index in [0.717, 1.165) is 10.9 Å². The summed E-state index contributed by atoms with van der Waals surface area (Å²) in [6.45, 7) is 1.50. The fraction of sp³-hybridized carbons (Fsp3) is 0.182. The van der Waals surface area contributed by atoms with Crippen LogP contribution in [0.25, 0.3) is 10.9 Å².